The topological polar surface area (TPSA) is 41.1 Å². The van der Waals surface area contributed by atoms with Crippen molar-refractivity contribution in [3.63, 3.8) is 0 Å². The minimum Gasteiger partial charge on any atom is -0.347 e. The van der Waals surface area contributed by atoms with E-state index in [0.29, 0.717) is 0 Å². The molecular formula is C11H18N4. The van der Waals surface area contributed by atoms with E-state index in [-0.39, 0.29) is 5.54 Å². The molecule has 1 aromatic rings. The molecule has 0 radical (unpaired) electrons. The summed E-state index contributed by atoms with van der Waals surface area (Å²) in [7, 11) is 0. The smallest absolute Gasteiger partial charge is 0.152 e. The number of nitrogens with zero attached hydrogens (tertiary/aromatic N) is 3. The molecule has 1 aliphatic heterocycles. The predicted molar refractivity (Wildman–Crippen MR) is 61.1 cm³/mol. The van der Waals surface area contributed by atoms with E-state index in [1.165, 1.54) is 0 Å². The summed E-state index contributed by atoms with van der Waals surface area (Å²) in [6.07, 6.45) is 1.79. The van der Waals surface area contributed by atoms with E-state index in [2.05, 4.69) is 40.3 Å². The Labute approximate surface area is 90.7 Å². The number of nitrogens with one attached hydrogen (secondary N) is 1. The van der Waals surface area contributed by atoms with E-state index in [1.807, 2.05) is 6.92 Å². The van der Waals surface area contributed by atoms with Crippen LogP contribution in [-0.2, 0) is 0 Å². The molecule has 0 bridgehead atoms. The fraction of sp³-hybridized carbons (Fsp3) is 0.636. The summed E-state index contributed by atoms with van der Waals surface area (Å²) in [6.45, 7) is 9.49. The van der Waals surface area contributed by atoms with Gasteiger partial charge in [0.1, 0.15) is 0 Å². The van der Waals surface area contributed by atoms with E-state index < -0.39 is 0 Å². The molecule has 1 saturated heterocycles. The van der Waals surface area contributed by atoms with Gasteiger partial charge in [0.05, 0.1) is 6.20 Å². The first kappa shape index (κ1) is 10.4. The second-order valence-corrected chi connectivity index (χ2v) is 4.73. The first-order chi connectivity index (χ1) is 7.09. The molecule has 2 heterocycles. The second-order valence-electron chi connectivity index (χ2n) is 4.73. The standard InChI is InChI=1S/C11H18N4/c1-9-6-10(14-13-7-9)15-5-4-12-8-11(15,2)3/h6-7,12H,4-5,8H2,1-3H3. The average molecular weight is 206 g/mol. The number of piperazine rings is 1. The fourth-order valence-electron chi connectivity index (χ4n) is 1.99. The van der Waals surface area contributed by atoms with Crippen LogP contribution in [0.15, 0.2) is 12.3 Å². The number of hydrogen-bond acceptors (Lipinski definition) is 4. The van der Waals surface area contributed by atoms with Crippen molar-refractivity contribution in [2.45, 2.75) is 26.3 Å². The molecule has 1 aromatic heterocycles. The van der Waals surface area contributed by atoms with Gasteiger partial charge < -0.3 is 10.2 Å². The number of anilines is 1. The van der Waals surface area contributed by atoms with Gasteiger partial charge in [-0.25, -0.2) is 0 Å². The Bertz CT molecular complexity index is 348. The molecule has 1 aliphatic rings. The van der Waals surface area contributed by atoms with Crippen LogP contribution >= 0.6 is 0 Å². The molecule has 2 rings (SSSR count). The van der Waals surface area contributed by atoms with Crippen LogP contribution in [0, 0.1) is 6.92 Å². The Morgan fingerprint density at radius 3 is 2.93 bits per heavy atom. The molecule has 0 atom stereocenters. The molecule has 4 heteroatoms. The van der Waals surface area contributed by atoms with Gasteiger partial charge in [0, 0.05) is 25.2 Å². The zero-order valence-electron chi connectivity index (χ0n) is 9.62. The summed E-state index contributed by atoms with van der Waals surface area (Å²) < 4.78 is 0. The maximum absolute atomic E-state index is 4.21. The summed E-state index contributed by atoms with van der Waals surface area (Å²) in [4.78, 5) is 2.32. The van der Waals surface area contributed by atoms with Crippen LogP contribution in [0.1, 0.15) is 19.4 Å². The number of hydrogen-bond donors (Lipinski definition) is 1. The van der Waals surface area contributed by atoms with E-state index in [1.54, 1.807) is 6.20 Å². The van der Waals surface area contributed by atoms with E-state index in [9.17, 15) is 0 Å². The maximum Gasteiger partial charge on any atom is 0.152 e. The normalized spacial score (nSPS) is 20.3. The van der Waals surface area contributed by atoms with Crippen molar-refractivity contribution in [1.29, 1.82) is 0 Å². The number of aryl methyl sites for hydroxylation is 1. The SMILES string of the molecule is Cc1cnnc(N2CCNCC2(C)C)c1. The molecule has 4 nitrogen and oxygen atoms in total. The highest BCUT2D eigenvalue weighted by Crippen LogP contribution is 2.23. The Morgan fingerprint density at radius 1 is 1.47 bits per heavy atom. The summed E-state index contributed by atoms with van der Waals surface area (Å²) in [6, 6.07) is 2.10. The van der Waals surface area contributed by atoms with Crippen molar-refractivity contribution in [1.82, 2.24) is 15.5 Å². The molecule has 0 spiro atoms. The van der Waals surface area contributed by atoms with Gasteiger partial charge in [-0.3, -0.25) is 0 Å². The fourth-order valence-corrected chi connectivity index (χ4v) is 1.99. The average Bonchev–Trinajstić information content (AvgIpc) is 2.17. The summed E-state index contributed by atoms with van der Waals surface area (Å²) in [5, 5.41) is 11.6. The van der Waals surface area contributed by atoms with E-state index in [4.69, 9.17) is 0 Å². The molecule has 15 heavy (non-hydrogen) atoms. The third-order valence-corrected chi connectivity index (χ3v) is 2.86. The predicted octanol–water partition coefficient (Wildman–Crippen LogP) is 0.973. The van der Waals surface area contributed by atoms with E-state index >= 15 is 0 Å². The van der Waals surface area contributed by atoms with Crippen LogP contribution < -0.4 is 10.2 Å². The lowest BCUT2D eigenvalue weighted by molar-refractivity contribution is 0.377. The zero-order chi connectivity index (χ0) is 10.9. The Morgan fingerprint density at radius 2 is 2.27 bits per heavy atom. The van der Waals surface area contributed by atoms with Gasteiger partial charge >= 0.3 is 0 Å². The minimum atomic E-state index is 0.112. The Balaban J connectivity index is 2.29. The monoisotopic (exact) mass is 206 g/mol. The highest BCUT2D eigenvalue weighted by Gasteiger charge is 2.30. The van der Waals surface area contributed by atoms with Crippen molar-refractivity contribution in [2.75, 3.05) is 24.5 Å². The first-order valence-corrected chi connectivity index (χ1v) is 5.37. The summed E-state index contributed by atoms with van der Waals surface area (Å²) >= 11 is 0. The molecule has 0 unspecified atom stereocenters. The van der Waals surface area contributed by atoms with Crippen molar-refractivity contribution in [3.05, 3.63) is 17.8 Å². The van der Waals surface area contributed by atoms with Crippen LogP contribution in [0.2, 0.25) is 0 Å². The van der Waals surface area contributed by atoms with Gasteiger partial charge in [0.15, 0.2) is 5.82 Å². The number of rotatable bonds is 1. The summed E-state index contributed by atoms with van der Waals surface area (Å²) in [5.41, 5.74) is 1.27. The Kier molecular flexibility index (Phi) is 2.61. The lowest BCUT2D eigenvalue weighted by Crippen LogP contribution is -2.58. The first-order valence-electron chi connectivity index (χ1n) is 5.37. The number of aromatic nitrogens is 2. The van der Waals surface area contributed by atoms with Crippen molar-refractivity contribution < 1.29 is 0 Å². The molecule has 1 fully saturated rings. The van der Waals surface area contributed by atoms with Gasteiger partial charge in [-0.1, -0.05) is 0 Å². The molecule has 0 aliphatic carbocycles. The summed E-state index contributed by atoms with van der Waals surface area (Å²) in [5.74, 6) is 0.988. The quantitative estimate of drug-likeness (QED) is 0.743. The van der Waals surface area contributed by atoms with Crippen LogP contribution in [0.5, 0.6) is 0 Å². The lowest BCUT2D eigenvalue weighted by Gasteiger charge is -2.43. The van der Waals surface area contributed by atoms with Crippen molar-refractivity contribution in [3.8, 4) is 0 Å². The lowest BCUT2D eigenvalue weighted by atomic mass is 10.0. The van der Waals surface area contributed by atoms with Crippen molar-refractivity contribution in [2.24, 2.45) is 0 Å². The van der Waals surface area contributed by atoms with Crippen molar-refractivity contribution >= 4 is 5.82 Å². The van der Waals surface area contributed by atoms with Crippen LogP contribution in [0.3, 0.4) is 0 Å². The molecule has 82 valence electrons. The van der Waals surface area contributed by atoms with Gasteiger partial charge in [0.25, 0.3) is 0 Å². The van der Waals surface area contributed by atoms with Crippen LogP contribution in [-0.4, -0.2) is 35.4 Å². The molecule has 1 N–H and O–H groups in total. The molecule has 0 aromatic carbocycles. The highest BCUT2D eigenvalue weighted by molar-refractivity contribution is 5.43. The van der Waals surface area contributed by atoms with Gasteiger partial charge in [-0.15, -0.1) is 5.10 Å². The third-order valence-electron chi connectivity index (χ3n) is 2.86. The molecular weight excluding hydrogens is 188 g/mol. The minimum absolute atomic E-state index is 0.112. The van der Waals surface area contributed by atoms with Crippen LogP contribution in [0.25, 0.3) is 0 Å². The second kappa shape index (κ2) is 3.77. The largest absolute Gasteiger partial charge is 0.347 e. The van der Waals surface area contributed by atoms with E-state index in [0.717, 1.165) is 31.0 Å². The third kappa shape index (κ3) is 2.09. The Hall–Kier alpha value is -1.16. The maximum atomic E-state index is 4.21. The van der Waals surface area contributed by atoms with Gasteiger partial charge in [0.2, 0.25) is 0 Å². The van der Waals surface area contributed by atoms with Crippen LogP contribution in [0.4, 0.5) is 5.82 Å². The van der Waals surface area contributed by atoms with Gasteiger partial charge in [-0.2, -0.15) is 5.10 Å². The van der Waals surface area contributed by atoms with Gasteiger partial charge in [-0.05, 0) is 32.4 Å². The molecule has 0 amide bonds. The highest BCUT2D eigenvalue weighted by atomic mass is 15.3. The zero-order valence-corrected chi connectivity index (χ0v) is 9.62. The molecule has 0 saturated carbocycles.